The number of hydrogen-bond donors (Lipinski definition) is 0. The van der Waals surface area contributed by atoms with E-state index in [2.05, 4.69) is 91.0 Å². The van der Waals surface area contributed by atoms with Crippen LogP contribution >= 0.6 is 7.14 Å². The molecule has 10 aromatic rings. The Hall–Kier alpha value is -7.00. The average Bonchev–Trinajstić information content (AvgIpc) is 3.29. The van der Waals surface area contributed by atoms with Crippen molar-refractivity contribution in [2.24, 2.45) is 0 Å². The Morgan fingerprint density at radius 3 is 1.39 bits per heavy atom. The number of nitrogens with zero attached hydrogens (tertiary/aromatic N) is 3. The van der Waals surface area contributed by atoms with Crippen molar-refractivity contribution in [3.05, 3.63) is 206 Å². The maximum atomic E-state index is 15.2. The minimum Gasteiger partial charge on any atom is -0.309 e. The molecule has 0 radical (unpaired) electrons. The molecule has 0 bridgehead atoms. The molecule has 0 N–H and O–H groups in total. The van der Waals surface area contributed by atoms with Crippen molar-refractivity contribution in [3.63, 3.8) is 0 Å². The van der Waals surface area contributed by atoms with Crippen molar-refractivity contribution in [2.45, 2.75) is 0 Å². The topological polar surface area (TPSA) is 55.7 Å². The lowest BCUT2D eigenvalue weighted by Gasteiger charge is -2.20. The summed E-state index contributed by atoms with van der Waals surface area (Å²) in [5.41, 5.74) is 7.36. The second-order valence-electron chi connectivity index (χ2n) is 13.9. The number of rotatable bonds is 7. The lowest BCUT2D eigenvalue weighted by atomic mass is 9.92. The Bertz CT molecular complexity index is 2980. The normalized spacial score (nSPS) is 11.6. The van der Waals surface area contributed by atoms with Gasteiger partial charge in [0.25, 0.3) is 0 Å². The predicted molar refractivity (Wildman–Crippen MR) is 233 cm³/mol. The fraction of sp³-hybridized carbons (Fsp3) is 0. The number of fused-ring (bicyclic) bond motifs is 5. The highest BCUT2D eigenvalue weighted by Crippen LogP contribution is 2.44. The van der Waals surface area contributed by atoms with Gasteiger partial charge in [-0.3, -0.25) is 0 Å². The zero-order valence-corrected chi connectivity index (χ0v) is 31.2. The van der Waals surface area contributed by atoms with E-state index in [0.717, 1.165) is 87.7 Å². The molecule has 0 atom stereocenters. The van der Waals surface area contributed by atoms with Crippen LogP contribution in [0.1, 0.15) is 0 Å². The molecule has 4 nitrogen and oxygen atoms in total. The lowest BCUT2D eigenvalue weighted by molar-refractivity contribution is 0.592. The molecule has 0 fully saturated rings. The summed E-state index contributed by atoms with van der Waals surface area (Å²) < 4.78 is 15.2. The molecule has 0 aliphatic carbocycles. The smallest absolute Gasteiger partial charge is 0.171 e. The van der Waals surface area contributed by atoms with Crippen LogP contribution in [-0.2, 0) is 4.57 Å². The van der Waals surface area contributed by atoms with Crippen molar-refractivity contribution in [1.82, 2.24) is 15.0 Å². The molecule has 0 saturated heterocycles. The minimum absolute atomic E-state index is 0.643. The molecule has 0 aliphatic rings. The van der Waals surface area contributed by atoms with Gasteiger partial charge < -0.3 is 4.57 Å². The summed E-state index contributed by atoms with van der Waals surface area (Å²) in [7, 11) is -3.15. The van der Waals surface area contributed by atoms with Crippen LogP contribution in [-0.4, -0.2) is 15.0 Å². The first kappa shape index (κ1) is 33.6. The van der Waals surface area contributed by atoms with Crippen LogP contribution in [0.2, 0.25) is 0 Å². The van der Waals surface area contributed by atoms with E-state index in [4.69, 9.17) is 15.0 Å². The summed E-state index contributed by atoms with van der Waals surface area (Å²) in [5.74, 6) is 0.643. The third-order valence-electron chi connectivity index (χ3n) is 10.6. The summed E-state index contributed by atoms with van der Waals surface area (Å²) in [4.78, 5) is 15.9. The van der Waals surface area contributed by atoms with Gasteiger partial charge in [-0.15, -0.1) is 0 Å². The Morgan fingerprint density at radius 2 is 0.821 bits per heavy atom. The van der Waals surface area contributed by atoms with E-state index in [1.807, 2.05) is 115 Å². The molecule has 0 spiro atoms. The molecule has 5 heteroatoms. The van der Waals surface area contributed by atoms with Crippen LogP contribution in [0.15, 0.2) is 206 Å². The van der Waals surface area contributed by atoms with Gasteiger partial charge in [0.15, 0.2) is 13.0 Å². The first-order valence-corrected chi connectivity index (χ1v) is 20.4. The van der Waals surface area contributed by atoms with E-state index in [-0.39, 0.29) is 0 Å². The van der Waals surface area contributed by atoms with Crippen molar-refractivity contribution < 1.29 is 4.57 Å². The minimum atomic E-state index is -3.15. The molecule has 0 unspecified atom stereocenters. The molecule has 8 aromatic carbocycles. The zero-order chi connectivity index (χ0) is 37.5. The first-order chi connectivity index (χ1) is 27.6. The number of hydrogen-bond acceptors (Lipinski definition) is 4. The van der Waals surface area contributed by atoms with Gasteiger partial charge in [-0.05, 0) is 29.0 Å². The fourth-order valence-corrected chi connectivity index (χ4v) is 10.5. The number of aromatic nitrogens is 3. The SMILES string of the molecule is O=P(c1ccccc1)(c1ccccc1)c1ccc(-c2nc3ccccc3c3c2cc(-c2nc(-c4ccccc4)cc(-c4ccccc4)n2)c2ccccc23)cc1. The van der Waals surface area contributed by atoms with Crippen LogP contribution in [0.4, 0.5) is 0 Å². The Morgan fingerprint density at radius 1 is 0.357 bits per heavy atom. The summed E-state index contributed by atoms with van der Waals surface area (Å²) >= 11 is 0. The number of benzene rings is 8. The average molecular weight is 736 g/mol. The Balaban J connectivity index is 1.22. The van der Waals surface area contributed by atoms with Gasteiger partial charge in [-0.2, -0.15) is 0 Å². The molecule has 56 heavy (non-hydrogen) atoms. The molecule has 2 aromatic heterocycles. The van der Waals surface area contributed by atoms with E-state index in [9.17, 15) is 0 Å². The van der Waals surface area contributed by atoms with Crippen molar-refractivity contribution in [1.29, 1.82) is 0 Å². The molecule has 10 rings (SSSR count). The monoisotopic (exact) mass is 735 g/mol. The highest BCUT2D eigenvalue weighted by molar-refractivity contribution is 7.85. The van der Waals surface area contributed by atoms with Gasteiger partial charge >= 0.3 is 0 Å². The quantitative estimate of drug-likeness (QED) is 0.121. The number of pyridine rings is 1. The summed E-state index contributed by atoms with van der Waals surface area (Å²) in [6.07, 6.45) is 0. The number of para-hydroxylation sites is 1. The summed E-state index contributed by atoms with van der Waals surface area (Å²) in [6.45, 7) is 0. The Labute approximate surface area is 325 Å². The van der Waals surface area contributed by atoms with E-state index in [1.54, 1.807) is 0 Å². The van der Waals surface area contributed by atoms with E-state index in [0.29, 0.717) is 5.82 Å². The summed E-state index contributed by atoms with van der Waals surface area (Å²) in [5, 5.41) is 7.73. The van der Waals surface area contributed by atoms with Crippen molar-refractivity contribution in [2.75, 3.05) is 0 Å². The molecule has 264 valence electrons. The van der Waals surface area contributed by atoms with E-state index in [1.165, 1.54) is 0 Å². The molecule has 0 amide bonds. The molecule has 0 aliphatic heterocycles. The fourth-order valence-electron chi connectivity index (χ4n) is 7.85. The summed E-state index contributed by atoms with van der Waals surface area (Å²) in [6, 6.07) is 69.5. The molecule has 0 saturated carbocycles. The molecular formula is C51H34N3OP. The van der Waals surface area contributed by atoms with Crippen LogP contribution < -0.4 is 15.9 Å². The molecule has 2 heterocycles. The third-order valence-corrected chi connectivity index (χ3v) is 13.6. The van der Waals surface area contributed by atoms with Crippen LogP contribution in [0, 0.1) is 0 Å². The lowest BCUT2D eigenvalue weighted by Crippen LogP contribution is -2.24. The van der Waals surface area contributed by atoms with Gasteiger partial charge in [0, 0.05) is 54.3 Å². The maximum Gasteiger partial charge on any atom is 0.171 e. The highest BCUT2D eigenvalue weighted by atomic mass is 31.2. The standard InChI is InChI=1S/C51H34N3OP/c55-56(38-21-9-3-10-22-38,39-23-11-4-12-24-39)40-31-29-37(30-32-40)50-45-33-44(41-25-13-14-26-42(41)49(45)43-27-15-16-28-46(43)52-50)51-53-47(35-17-5-1-6-18-35)34-48(54-51)36-19-7-2-8-20-36/h1-34H. The van der Waals surface area contributed by atoms with Gasteiger partial charge in [-0.1, -0.05) is 188 Å². The second-order valence-corrected chi connectivity index (χ2v) is 16.7. The maximum absolute atomic E-state index is 15.2. The Kier molecular flexibility index (Phi) is 8.40. The predicted octanol–water partition coefficient (Wildman–Crippen LogP) is 11.6. The first-order valence-electron chi connectivity index (χ1n) is 18.7. The third kappa shape index (κ3) is 5.80. The largest absolute Gasteiger partial charge is 0.309 e. The van der Waals surface area contributed by atoms with Gasteiger partial charge in [0.1, 0.15) is 0 Å². The zero-order valence-electron chi connectivity index (χ0n) is 30.3. The van der Waals surface area contributed by atoms with Crippen LogP contribution in [0.5, 0.6) is 0 Å². The van der Waals surface area contributed by atoms with Gasteiger partial charge in [0.05, 0.1) is 22.6 Å². The molecular weight excluding hydrogens is 702 g/mol. The highest BCUT2D eigenvalue weighted by Gasteiger charge is 2.29. The second kappa shape index (κ2) is 14.0. The van der Waals surface area contributed by atoms with Gasteiger partial charge in [0.2, 0.25) is 0 Å². The van der Waals surface area contributed by atoms with Crippen molar-refractivity contribution in [3.8, 4) is 45.2 Å². The van der Waals surface area contributed by atoms with Crippen molar-refractivity contribution >= 4 is 55.5 Å². The van der Waals surface area contributed by atoms with E-state index >= 15 is 4.57 Å². The van der Waals surface area contributed by atoms with Gasteiger partial charge in [-0.25, -0.2) is 15.0 Å². The van der Waals surface area contributed by atoms with Crippen LogP contribution in [0.3, 0.4) is 0 Å². The van der Waals surface area contributed by atoms with Crippen LogP contribution in [0.25, 0.3) is 77.6 Å². The van der Waals surface area contributed by atoms with E-state index < -0.39 is 7.14 Å².